The minimum Gasteiger partial charge on any atom is -0.360 e. The third kappa shape index (κ3) is 2.13. The lowest BCUT2D eigenvalue weighted by Gasteiger charge is -2.03. The summed E-state index contributed by atoms with van der Waals surface area (Å²) in [4.78, 5) is 7.02. The Morgan fingerprint density at radius 1 is 0.481 bits per heavy atom. The maximum atomic E-state index is 3.51. The van der Waals surface area contributed by atoms with Crippen molar-refractivity contribution in [3.05, 3.63) is 96.3 Å². The van der Waals surface area contributed by atoms with Crippen molar-refractivity contribution in [3.63, 3.8) is 0 Å². The van der Waals surface area contributed by atoms with E-state index in [9.17, 15) is 0 Å². The van der Waals surface area contributed by atoms with Gasteiger partial charge in [0.25, 0.3) is 0 Å². The minimum absolute atomic E-state index is 0.913. The molecule has 4 aromatic carbocycles. The van der Waals surface area contributed by atoms with Crippen LogP contribution >= 0.6 is 0 Å². The number of hydrogen-bond donors (Lipinski definition) is 2. The number of aromatic amines is 2. The van der Waals surface area contributed by atoms with Crippen molar-refractivity contribution < 1.29 is 0 Å². The number of nitrogens with one attached hydrogen (secondary N) is 2. The van der Waals surface area contributed by atoms with Crippen LogP contribution < -0.4 is 0 Å². The van der Waals surface area contributed by atoms with Crippen LogP contribution in [0.4, 0.5) is 0 Å². The van der Waals surface area contributed by atoms with Crippen LogP contribution in [0.1, 0.15) is 11.1 Å². The van der Waals surface area contributed by atoms with E-state index < -0.39 is 0 Å². The molecule has 2 aromatic heterocycles. The second-order valence-electron chi connectivity index (χ2n) is 7.22. The highest BCUT2D eigenvalue weighted by Crippen LogP contribution is 2.31. The predicted octanol–water partition coefficient (Wildman–Crippen LogP) is 6.55. The molecular weight excluding hydrogens is 328 g/mol. The van der Waals surface area contributed by atoms with Crippen LogP contribution in [0.5, 0.6) is 0 Å². The third-order valence-corrected chi connectivity index (χ3v) is 5.71. The molecule has 0 aliphatic heterocycles. The van der Waals surface area contributed by atoms with Crippen molar-refractivity contribution in [2.45, 2.75) is 6.42 Å². The fourth-order valence-electron chi connectivity index (χ4n) is 4.36. The molecule has 0 spiro atoms. The van der Waals surface area contributed by atoms with Gasteiger partial charge in [-0.15, -0.1) is 0 Å². The molecule has 2 N–H and O–H groups in total. The van der Waals surface area contributed by atoms with Crippen LogP contribution in [0.3, 0.4) is 0 Å². The largest absolute Gasteiger partial charge is 0.360 e. The number of hydrogen-bond acceptors (Lipinski definition) is 0. The summed E-state index contributed by atoms with van der Waals surface area (Å²) in [5.74, 6) is 0. The summed E-state index contributed by atoms with van der Waals surface area (Å²) in [7, 11) is 0. The van der Waals surface area contributed by atoms with Gasteiger partial charge in [-0.25, -0.2) is 0 Å². The van der Waals surface area contributed by atoms with Crippen LogP contribution in [0.2, 0.25) is 0 Å². The quantitative estimate of drug-likeness (QED) is 0.356. The molecule has 6 aromatic rings. The molecule has 6 rings (SSSR count). The summed E-state index contributed by atoms with van der Waals surface area (Å²) >= 11 is 0. The van der Waals surface area contributed by atoms with Gasteiger partial charge >= 0.3 is 0 Å². The normalized spacial score (nSPS) is 11.9. The van der Waals surface area contributed by atoms with Crippen molar-refractivity contribution in [1.29, 1.82) is 0 Å². The zero-order chi connectivity index (χ0) is 17.8. The molecule has 2 heterocycles. The molecule has 0 saturated heterocycles. The molecule has 0 saturated carbocycles. The third-order valence-electron chi connectivity index (χ3n) is 5.71. The SMILES string of the molecule is c1ccc2c(c1)ccc1c(Cc3c[nH]c4c3ccc3ccccc34)c[nH]c12. The predicted molar refractivity (Wildman–Crippen MR) is 114 cm³/mol. The van der Waals surface area contributed by atoms with Crippen LogP contribution in [0.15, 0.2) is 85.2 Å². The van der Waals surface area contributed by atoms with Gasteiger partial charge in [-0.05, 0) is 21.9 Å². The molecule has 0 atom stereocenters. The highest BCUT2D eigenvalue weighted by atomic mass is 14.7. The first kappa shape index (κ1) is 14.6. The molecule has 0 radical (unpaired) electrons. The molecule has 0 bridgehead atoms. The van der Waals surface area contributed by atoms with Crippen LogP contribution in [-0.4, -0.2) is 9.97 Å². The van der Waals surface area contributed by atoms with Gasteiger partial charge in [0.05, 0.1) is 11.0 Å². The number of fused-ring (bicyclic) bond motifs is 6. The Morgan fingerprint density at radius 2 is 0.963 bits per heavy atom. The molecule has 0 aliphatic carbocycles. The smallest absolute Gasteiger partial charge is 0.0536 e. The number of H-pyrrole nitrogens is 2. The van der Waals surface area contributed by atoms with Gasteiger partial charge in [0.2, 0.25) is 0 Å². The number of aromatic nitrogens is 2. The molecule has 128 valence electrons. The number of benzene rings is 4. The van der Waals surface area contributed by atoms with Crippen LogP contribution in [0, 0.1) is 0 Å². The fourth-order valence-corrected chi connectivity index (χ4v) is 4.36. The topological polar surface area (TPSA) is 31.6 Å². The average molecular weight is 346 g/mol. The Kier molecular flexibility index (Phi) is 2.97. The highest BCUT2D eigenvalue weighted by molar-refractivity contribution is 6.08. The van der Waals surface area contributed by atoms with Crippen molar-refractivity contribution >= 4 is 43.4 Å². The molecule has 2 nitrogen and oxygen atoms in total. The summed E-state index contributed by atoms with van der Waals surface area (Å²) in [5.41, 5.74) is 5.14. The summed E-state index contributed by atoms with van der Waals surface area (Å²) in [6, 6.07) is 26.0. The fraction of sp³-hybridized carbons (Fsp3) is 0.0400. The maximum absolute atomic E-state index is 3.51. The Balaban J connectivity index is 1.51. The minimum atomic E-state index is 0.913. The summed E-state index contributed by atoms with van der Waals surface area (Å²) < 4.78 is 0. The Bertz CT molecular complexity index is 1340. The number of rotatable bonds is 2. The molecule has 0 amide bonds. The van der Waals surface area contributed by atoms with Crippen molar-refractivity contribution in [2.24, 2.45) is 0 Å². The van der Waals surface area contributed by atoms with E-state index in [4.69, 9.17) is 0 Å². The average Bonchev–Trinajstić information content (AvgIpc) is 3.33. The van der Waals surface area contributed by atoms with E-state index in [-0.39, 0.29) is 0 Å². The van der Waals surface area contributed by atoms with Gasteiger partial charge in [-0.1, -0.05) is 72.8 Å². The van der Waals surface area contributed by atoms with Gasteiger partial charge in [0.15, 0.2) is 0 Å². The summed E-state index contributed by atoms with van der Waals surface area (Å²) in [5, 5.41) is 7.74. The van der Waals surface area contributed by atoms with Gasteiger partial charge in [-0.3, -0.25) is 0 Å². The first-order valence-electron chi connectivity index (χ1n) is 9.34. The Hall–Kier alpha value is -3.52. The Labute approximate surface area is 156 Å². The second kappa shape index (κ2) is 5.49. The van der Waals surface area contributed by atoms with Crippen molar-refractivity contribution in [2.75, 3.05) is 0 Å². The first-order chi connectivity index (χ1) is 13.4. The summed E-state index contributed by atoms with van der Waals surface area (Å²) in [6.45, 7) is 0. The van der Waals surface area contributed by atoms with Gasteiger partial charge in [-0.2, -0.15) is 0 Å². The monoisotopic (exact) mass is 346 g/mol. The van der Waals surface area contributed by atoms with E-state index in [1.165, 1.54) is 54.5 Å². The maximum Gasteiger partial charge on any atom is 0.0536 e. The lowest BCUT2D eigenvalue weighted by molar-refractivity contribution is 1.22. The molecule has 2 heteroatoms. The molecule has 0 fully saturated rings. The Morgan fingerprint density at radius 3 is 1.48 bits per heavy atom. The molecular formula is C25H18N2. The molecule has 0 aliphatic rings. The van der Waals surface area contributed by atoms with E-state index in [0.717, 1.165) is 6.42 Å². The van der Waals surface area contributed by atoms with Gasteiger partial charge in [0.1, 0.15) is 0 Å². The standard InChI is InChI=1S/C25H18N2/c1-3-7-20-16(5-1)9-11-22-18(14-26-24(20)22)13-19-15-27-25-21-8-4-2-6-17(21)10-12-23(19)25/h1-12,14-15,26-27H,13H2. The van der Waals surface area contributed by atoms with Crippen molar-refractivity contribution in [3.8, 4) is 0 Å². The first-order valence-corrected chi connectivity index (χ1v) is 9.34. The second-order valence-corrected chi connectivity index (χ2v) is 7.22. The molecule has 0 unspecified atom stereocenters. The van der Waals surface area contributed by atoms with E-state index in [1.807, 2.05) is 0 Å². The van der Waals surface area contributed by atoms with Gasteiger partial charge in [0, 0.05) is 40.4 Å². The van der Waals surface area contributed by atoms with E-state index in [0.29, 0.717) is 0 Å². The zero-order valence-electron chi connectivity index (χ0n) is 14.8. The van der Waals surface area contributed by atoms with Crippen LogP contribution in [0.25, 0.3) is 43.4 Å². The van der Waals surface area contributed by atoms with E-state index in [1.54, 1.807) is 0 Å². The van der Waals surface area contributed by atoms with E-state index in [2.05, 4.69) is 95.2 Å². The lowest BCUT2D eigenvalue weighted by atomic mass is 10.00. The van der Waals surface area contributed by atoms with Gasteiger partial charge < -0.3 is 9.97 Å². The van der Waals surface area contributed by atoms with Crippen LogP contribution in [-0.2, 0) is 6.42 Å². The molecule has 27 heavy (non-hydrogen) atoms. The zero-order valence-corrected chi connectivity index (χ0v) is 14.8. The summed E-state index contributed by atoms with van der Waals surface area (Å²) in [6.07, 6.45) is 5.24. The lowest BCUT2D eigenvalue weighted by Crippen LogP contribution is -1.85. The van der Waals surface area contributed by atoms with E-state index >= 15 is 0 Å². The highest BCUT2D eigenvalue weighted by Gasteiger charge is 2.11. The van der Waals surface area contributed by atoms with Crippen molar-refractivity contribution in [1.82, 2.24) is 9.97 Å².